The maximum atomic E-state index is 8.54. The van der Waals surface area contributed by atoms with E-state index in [4.69, 9.17) is 5.26 Å². The Kier molecular flexibility index (Phi) is 4.31. The van der Waals surface area contributed by atoms with Crippen LogP contribution in [0.3, 0.4) is 0 Å². The Morgan fingerprint density at radius 1 is 1.37 bits per heavy atom. The van der Waals surface area contributed by atoms with E-state index in [-0.39, 0.29) is 6.54 Å². The number of benzene rings is 1. The fourth-order valence-corrected chi connectivity index (χ4v) is 1.96. The van der Waals surface area contributed by atoms with Gasteiger partial charge in [-0.15, -0.1) is 0 Å². The molecule has 1 aromatic carbocycles. The van der Waals surface area contributed by atoms with E-state index in [2.05, 4.69) is 31.2 Å². The molecule has 0 amide bonds. The van der Waals surface area contributed by atoms with Gasteiger partial charge in [0.1, 0.15) is 24.5 Å². The lowest BCUT2D eigenvalue weighted by atomic mass is 10.3. The summed E-state index contributed by atoms with van der Waals surface area (Å²) in [5.41, 5.74) is 1.01. The standard InChI is InChI=1S/C13H12BrN5/c1-19(11-4-2-3-10(14)7-11)13-8-12(16-6-5-15)17-9-18-13/h2-4,7-9H,6H2,1H3,(H,16,17,18). The topological polar surface area (TPSA) is 64.8 Å². The first-order valence-electron chi connectivity index (χ1n) is 5.63. The number of hydrogen-bond donors (Lipinski definition) is 1. The molecule has 0 aliphatic carbocycles. The van der Waals surface area contributed by atoms with Gasteiger partial charge < -0.3 is 10.2 Å². The van der Waals surface area contributed by atoms with Crippen LogP contribution in [0.15, 0.2) is 41.1 Å². The summed E-state index contributed by atoms with van der Waals surface area (Å²) in [5, 5.41) is 11.4. The van der Waals surface area contributed by atoms with Crippen LogP contribution in [0, 0.1) is 11.3 Å². The van der Waals surface area contributed by atoms with Gasteiger partial charge in [0.05, 0.1) is 6.07 Å². The number of nitrogens with one attached hydrogen (secondary N) is 1. The molecule has 1 aromatic heterocycles. The Balaban J connectivity index is 2.24. The summed E-state index contributed by atoms with van der Waals surface area (Å²) in [6.07, 6.45) is 1.48. The average molecular weight is 318 g/mol. The number of aromatic nitrogens is 2. The molecule has 0 fully saturated rings. The van der Waals surface area contributed by atoms with Gasteiger partial charge in [-0.2, -0.15) is 5.26 Å². The summed E-state index contributed by atoms with van der Waals surface area (Å²) < 4.78 is 1.01. The quantitative estimate of drug-likeness (QED) is 0.878. The number of hydrogen-bond acceptors (Lipinski definition) is 5. The second-order valence-electron chi connectivity index (χ2n) is 3.81. The smallest absolute Gasteiger partial charge is 0.138 e. The zero-order valence-corrected chi connectivity index (χ0v) is 11.9. The summed E-state index contributed by atoms with van der Waals surface area (Å²) in [6, 6.07) is 11.7. The number of anilines is 3. The van der Waals surface area contributed by atoms with Gasteiger partial charge in [-0.05, 0) is 18.2 Å². The van der Waals surface area contributed by atoms with Crippen LogP contribution >= 0.6 is 15.9 Å². The summed E-state index contributed by atoms with van der Waals surface area (Å²) in [6.45, 7) is 0.219. The van der Waals surface area contributed by atoms with Crippen LogP contribution in [0.2, 0.25) is 0 Å². The molecule has 0 saturated heterocycles. The highest BCUT2D eigenvalue weighted by atomic mass is 79.9. The molecule has 0 aliphatic heterocycles. The lowest BCUT2D eigenvalue weighted by Crippen LogP contribution is -2.12. The number of halogens is 1. The van der Waals surface area contributed by atoms with Gasteiger partial charge >= 0.3 is 0 Å². The number of rotatable bonds is 4. The minimum Gasteiger partial charge on any atom is -0.357 e. The van der Waals surface area contributed by atoms with Crippen LogP contribution in [0.4, 0.5) is 17.3 Å². The van der Waals surface area contributed by atoms with Gasteiger partial charge in [0.2, 0.25) is 0 Å². The minimum atomic E-state index is 0.219. The normalized spacial score (nSPS) is 9.74. The van der Waals surface area contributed by atoms with E-state index < -0.39 is 0 Å². The van der Waals surface area contributed by atoms with Crippen molar-refractivity contribution in [3.05, 3.63) is 41.1 Å². The van der Waals surface area contributed by atoms with Crippen molar-refractivity contribution in [1.82, 2.24) is 9.97 Å². The second-order valence-corrected chi connectivity index (χ2v) is 4.73. The molecule has 2 aromatic rings. The molecule has 6 heteroatoms. The number of nitriles is 1. The predicted molar refractivity (Wildman–Crippen MR) is 78.3 cm³/mol. The lowest BCUT2D eigenvalue weighted by molar-refractivity contribution is 1.07. The Bertz CT molecular complexity index is 608. The number of nitrogens with zero attached hydrogens (tertiary/aromatic N) is 4. The third-order valence-electron chi connectivity index (χ3n) is 2.54. The molecule has 0 atom stereocenters. The molecule has 5 nitrogen and oxygen atoms in total. The van der Waals surface area contributed by atoms with Crippen LogP contribution in [0.5, 0.6) is 0 Å². The Morgan fingerprint density at radius 3 is 2.95 bits per heavy atom. The van der Waals surface area contributed by atoms with E-state index in [1.54, 1.807) is 6.07 Å². The van der Waals surface area contributed by atoms with Crippen molar-refractivity contribution in [2.24, 2.45) is 0 Å². The van der Waals surface area contributed by atoms with Crippen molar-refractivity contribution in [2.45, 2.75) is 0 Å². The van der Waals surface area contributed by atoms with E-state index in [1.807, 2.05) is 42.3 Å². The highest BCUT2D eigenvalue weighted by molar-refractivity contribution is 9.10. The first kappa shape index (κ1) is 13.3. The molecule has 0 aliphatic rings. The molecule has 1 N–H and O–H groups in total. The van der Waals surface area contributed by atoms with Crippen LogP contribution in [-0.4, -0.2) is 23.6 Å². The van der Waals surface area contributed by atoms with E-state index in [0.29, 0.717) is 5.82 Å². The Morgan fingerprint density at radius 2 is 2.21 bits per heavy atom. The molecule has 0 bridgehead atoms. The van der Waals surface area contributed by atoms with Crippen LogP contribution in [0.1, 0.15) is 0 Å². The van der Waals surface area contributed by atoms with E-state index in [0.717, 1.165) is 16.0 Å². The van der Waals surface area contributed by atoms with Crippen molar-refractivity contribution < 1.29 is 0 Å². The van der Waals surface area contributed by atoms with E-state index >= 15 is 0 Å². The van der Waals surface area contributed by atoms with Gasteiger partial charge in [0, 0.05) is 23.3 Å². The summed E-state index contributed by atoms with van der Waals surface area (Å²) >= 11 is 3.44. The van der Waals surface area contributed by atoms with Crippen molar-refractivity contribution in [3.8, 4) is 6.07 Å². The van der Waals surface area contributed by atoms with Gasteiger partial charge in [-0.1, -0.05) is 22.0 Å². The van der Waals surface area contributed by atoms with E-state index in [9.17, 15) is 0 Å². The van der Waals surface area contributed by atoms with Crippen molar-refractivity contribution >= 4 is 33.3 Å². The molecule has 19 heavy (non-hydrogen) atoms. The minimum absolute atomic E-state index is 0.219. The molecular formula is C13H12BrN5. The molecule has 0 spiro atoms. The summed E-state index contributed by atoms with van der Waals surface area (Å²) in [4.78, 5) is 10.2. The zero-order chi connectivity index (χ0) is 13.7. The fourth-order valence-electron chi connectivity index (χ4n) is 1.57. The zero-order valence-electron chi connectivity index (χ0n) is 10.3. The highest BCUT2D eigenvalue weighted by Crippen LogP contribution is 2.25. The van der Waals surface area contributed by atoms with E-state index in [1.165, 1.54) is 6.33 Å². The molecule has 0 saturated carbocycles. The van der Waals surface area contributed by atoms with Crippen LogP contribution in [-0.2, 0) is 0 Å². The van der Waals surface area contributed by atoms with Gasteiger partial charge in [-0.3, -0.25) is 0 Å². The third kappa shape index (κ3) is 3.42. The lowest BCUT2D eigenvalue weighted by Gasteiger charge is -2.18. The first-order valence-corrected chi connectivity index (χ1v) is 6.42. The molecular weight excluding hydrogens is 306 g/mol. The SMILES string of the molecule is CN(c1cccc(Br)c1)c1cc(NCC#N)ncn1. The predicted octanol–water partition coefficient (Wildman–Crippen LogP) is 2.94. The fraction of sp³-hybridized carbons (Fsp3) is 0.154. The first-order chi connectivity index (χ1) is 9.20. The van der Waals surface area contributed by atoms with Gasteiger partial charge in [0.25, 0.3) is 0 Å². The van der Waals surface area contributed by atoms with Crippen molar-refractivity contribution in [1.29, 1.82) is 5.26 Å². The highest BCUT2D eigenvalue weighted by Gasteiger charge is 2.07. The largest absolute Gasteiger partial charge is 0.357 e. The van der Waals surface area contributed by atoms with Crippen LogP contribution in [0.25, 0.3) is 0 Å². The molecule has 0 radical (unpaired) electrons. The second kappa shape index (κ2) is 6.16. The van der Waals surface area contributed by atoms with Crippen LogP contribution < -0.4 is 10.2 Å². The van der Waals surface area contributed by atoms with Gasteiger partial charge in [-0.25, -0.2) is 9.97 Å². The molecule has 96 valence electrons. The molecule has 2 rings (SSSR count). The summed E-state index contributed by atoms with van der Waals surface area (Å²) in [5.74, 6) is 1.39. The van der Waals surface area contributed by atoms with Crippen molar-refractivity contribution in [3.63, 3.8) is 0 Å². The molecule has 0 unspecified atom stereocenters. The maximum absolute atomic E-state index is 8.54. The Hall–Kier alpha value is -2.13. The molecule has 1 heterocycles. The maximum Gasteiger partial charge on any atom is 0.138 e. The average Bonchev–Trinajstić information content (AvgIpc) is 2.44. The van der Waals surface area contributed by atoms with Gasteiger partial charge in [0.15, 0.2) is 0 Å². The summed E-state index contributed by atoms with van der Waals surface area (Å²) in [7, 11) is 1.93. The third-order valence-corrected chi connectivity index (χ3v) is 3.03. The Labute approximate surface area is 120 Å². The van der Waals surface area contributed by atoms with Crippen molar-refractivity contribution in [2.75, 3.05) is 23.8 Å². The monoisotopic (exact) mass is 317 g/mol.